The van der Waals surface area contributed by atoms with Crippen molar-refractivity contribution >= 4 is 29.8 Å². The van der Waals surface area contributed by atoms with Crippen molar-refractivity contribution in [3.05, 3.63) is 53.9 Å². The summed E-state index contributed by atoms with van der Waals surface area (Å²) in [6, 6.07) is 8.61. The predicted molar refractivity (Wildman–Crippen MR) is 155 cm³/mol. The summed E-state index contributed by atoms with van der Waals surface area (Å²) in [5.41, 5.74) is 0.301. The number of nitrogens with zero attached hydrogens (tertiary/aromatic N) is 1. The van der Waals surface area contributed by atoms with Gasteiger partial charge in [0.25, 0.3) is 5.91 Å². The van der Waals surface area contributed by atoms with Crippen LogP contribution in [0, 0.1) is 11.8 Å². The number of carbonyl (C=O) groups is 5. The summed E-state index contributed by atoms with van der Waals surface area (Å²) in [6.07, 6.45) is -1.27. The van der Waals surface area contributed by atoms with Crippen LogP contribution in [0.25, 0.3) is 0 Å². The molecule has 1 aromatic heterocycles. The standard InChI is InChI=1S/C31H38N2O12/c1-17(2)29(37)45-26-19(5)44-31(39)22(14-41-30(38)21(26)13-20-9-7-6-8-10-20)33-28(36)25-27(23(34)11-12-32-25)43-16-42-24(35)15-40-18(3)4/h6-12,17-19,21-22,26H,13-16H2,1-5H3,(H,32,34)(H,33,36)/t19-,21+,22-,26-/m0/s1. The first-order chi connectivity index (χ1) is 21.4. The van der Waals surface area contributed by atoms with Gasteiger partial charge in [-0.2, -0.15) is 0 Å². The van der Waals surface area contributed by atoms with Crippen molar-refractivity contribution in [1.29, 1.82) is 0 Å². The normalized spacial score (nSPS) is 20.2. The molecule has 14 nitrogen and oxygen atoms in total. The van der Waals surface area contributed by atoms with Crippen LogP contribution >= 0.6 is 0 Å². The number of ether oxygens (including phenoxy) is 6. The van der Waals surface area contributed by atoms with Crippen molar-refractivity contribution in [2.24, 2.45) is 11.8 Å². The first-order valence-electron chi connectivity index (χ1n) is 14.4. The van der Waals surface area contributed by atoms with Crippen LogP contribution in [0.2, 0.25) is 0 Å². The molecular weight excluding hydrogens is 592 g/mol. The summed E-state index contributed by atoms with van der Waals surface area (Å²) >= 11 is 0. The van der Waals surface area contributed by atoms with Crippen molar-refractivity contribution in [2.45, 2.75) is 65.4 Å². The summed E-state index contributed by atoms with van der Waals surface area (Å²) in [6.45, 7) is 6.57. The number of esters is 4. The Bertz CT molecular complexity index is 1350. The molecular formula is C31H38N2O12. The van der Waals surface area contributed by atoms with Gasteiger partial charge in [0, 0.05) is 12.3 Å². The third-order valence-electron chi connectivity index (χ3n) is 6.52. The summed E-state index contributed by atoms with van der Waals surface area (Å²) in [5, 5.41) is 12.7. The number of cyclic esters (lactones) is 2. The molecule has 14 heteroatoms. The van der Waals surface area contributed by atoms with Crippen molar-refractivity contribution in [3.63, 3.8) is 0 Å². The van der Waals surface area contributed by atoms with E-state index in [2.05, 4.69) is 10.3 Å². The van der Waals surface area contributed by atoms with Gasteiger partial charge in [0.2, 0.25) is 6.79 Å². The van der Waals surface area contributed by atoms with Crippen LogP contribution in [-0.4, -0.2) is 84.2 Å². The molecule has 3 rings (SSSR count). The average Bonchev–Trinajstić information content (AvgIpc) is 3.03. The fourth-order valence-electron chi connectivity index (χ4n) is 4.15. The molecule has 244 valence electrons. The highest BCUT2D eigenvalue weighted by molar-refractivity contribution is 5.98. The molecule has 1 aliphatic heterocycles. The molecule has 1 aromatic carbocycles. The highest BCUT2D eigenvalue weighted by Crippen LogP contribution is 2.29. The Kier molecular flexibility index (Phi) is 12.7. The maximum atomic E-state index is 13.4. The van der Waals surface area contributed by atoms with Crippen LogP contribution < -0.4 is 10.1 Å². The Labute approximate surface area is 260 Å². The summed E-state index contributed by atoms with van der Waals surface area (Å²) in [5.74, 6) is -6.58. The fraction of sp³-hybridized carbons (Fsp3) is 0.484. The quantitative estimate of drug-likeness (QED) is 0.197. The van der Waals surface area contributed by atoms with E-state index in [-0.39, 0.29) is 19.1 Å². The molecule has 1 fully saturated rings. The Morgan fingerprint density at radius 2 is 1.78 bits per heavy atom. The highest BCUT2D eigenvalue weighted by atomic mass is 16.7. The van der Waals surface area contributed by atoms with Crippen molar-refractivity contribution in [2.75, 3.05) is 20.0 Å². The molecule has 0 bridgehead atoms. The monoisotopic (exact) mass is 630 g/mol. The Morgan fingerprint density at radius 1 is 1.07 bits per heavy atom. The van der Waals surface area contributed by atoms with Crippen molar-refractivity contribution in [3.8, 4) is 11.5 Å². The third-order valence-corrected chi connectivity index (χ3v) is 6.52. The van der Waals surface area contributed by atoms with E-state index >= 15 is 0 Å². The topological polar surface area (TPSA) is 186 Å². The maximum Gasteiger partial charge on any atom is 0.334 e. The van der Waals surface area contributed by atoms with Gasteiger partial charge in [-0.3, -0.25) is 14.4 Å². The lowest BCUT2D eigenvalue weighted by molar-refractivity contribution is -0.176. The third kappa shape index (κ3) is 10.2. The average molecular weight is 631 g/mol. The van der Waals surface area contributed by atoms with Crippen LogP contribution in [-0.2, 0) is 49.3 Å². The molecule has 4 atom stereocenters. The second kappa shape index (κ2) is 16.4. The zero-order valence-corrected chi connectivity index (χ0v) is 25.7. The molecule has 2 aromatic rings. The second-order valence-corrected chi connectivity index (χ2v) is 10.8. The van der Waals surface area contributed by atoms with E-state index < -0.39 is 90.5 Å². The van der Waals surface area contributed by atoms with E-state index in [4.69, 9.17) is 28.4 Å². The summed E-state index contributed by atoms with van der Waals surface area (Å²) in [4.78, 5) is 68.1. The number of hydrogen-bond donors (Lipinski definition) is 2. The Balaban J connectivity index is 1.78. The zero-order chi connectivity index (χ0) is 33.1. The number of amides is 1. The number of pyridine rings is 1. The molecule has 0 saturated carbocycles. The number of hydrogen-bond acceptors (Lipinski definition) is 13. The lowest BCUT2D eigenvalue weighted by Gasteiger charge is -2.29. The Morgan fingerprint density at radius 3 is 2.44 bits per heavy atom. The van der Waals surface area contributed by atoms with Gasteiger partial charge in [0.15, 0.2) is 29.3 Å². The number of rotatable bonds is 12. The largest absolute Gasteiger partial charge is 0.504 e. The number of aromatic hydroxyl groups is 1. The molecule has 2 heterocycles. The predicted octanol–water partition coefficient (Wildman–Crippen LogP) is 2.11. The van der Waals surface area contributed by atoms with E-state index in [1.165, 1.54) is 6.92 Å². The lowest BCUT2D eigenvalue weighted by Crippen LogP contribution is -2.47. The minimum Gasteiger partial charge on any atom is -0.504 e. The lowest BCUT2D eigenvalue weighted by atomic mass is 9.91. The highest BCUT2D eigenvalue weighted by Gasteiger charge is 2.42. The first kappa shape index (κ1) is 34.8. The maximum absolute atomic E-state index is 13.4. The van der Waals surface area contributed by atoms with Gasteiger partial charge >= 0.3 is 23.9 Å². The van der Waals surface area contributed by atoms with Gasteiger partial charge in [-0.1, -0.05) is 44.2 Å². The smallest absolute Gasteiger partial charge is 0.334 e. The molecule has 1 amide bonds. The fourth-order valence-corrected chi connectivity index (χ4v) is 4.15. The van der Waals surface area contributed by atoms with Crippen molar-refractivity contribution < 1.29 is 57.5 Å². The first-order valence-corrected chi connectivity index (χ1v) is 14.4. The van der Waals surface area contributed by atoms with Gasteiger partial charge in [0.1, 0.15) is 25.2 Å². The van der Waals surface area contributed by atoms with Crippen molar-refractivity contribution in [1.82, 2.24) is 10.3 Å². The van der Waals surface area contributed by atoms with E-state index in [9.17, 15) is 29.1 Å². The van der Waals surface area contributed by atoms with E-state index in [0.29, 0.717) is 0 Å². The van der Waals surface area contributed by atoms with Crippen LogP contribution in [0.5, 0.6) is 11.5 Å². The molecule has 1 aliphatic rings. The summed E-state index contributed by atoms with van der Waals surface area (Å²) < 4.78 is 32.0. The molecule has 1 saturated heterocycles. The Hall–Kier alpha value is -4.72. The zero-order valence-electron chi connectivity index (χ0n) is 25.7. The SMILES string of the molecule is CC(C)OCC(=O)OCOc1c(O)ccnc1C(=O)N[C@H]1COC(=O)[C@H](Cc2ccccc2)[C@@H](OC(=O)C(C)C)[C@H](C)OC1=O. The number of carbonyl (C=O) groups excluding carboxylic acids is 5. The second-order valence-electron chi connectivity index (χ2n) is 10.8. The molecule has 0 radical (unpaired) electrons. The summed E-state index contributed by atoms with van der Waals surface area (Å²) in [7, 11) is 0. The number of nitrogens with one attached hydrogen (secondary N) is 1. The molecule has 2 N–H and O–H groups in total. The van der Waals surface area contributed by atoms with Gasteiger partial charge in [-0.05, 0) is 32.8 Å². The van der Waals surface area contributed by atoms with Crippen LogP contribution in [0.1, 0.15) is 50.7 Å². The van der Waals surface area contributed by atoms with E-state index in [1.807, 2.05) is 6.07 Å². The van der Waals surface area contributed by atoms with Gasteiger partial charge < -0.3 is 38.8 Å². The van der Waals surface area contributed by atoms with Crippen LogP contribution in [0.15, 0.2) is 42.6 Å². The minimum atomic E-state index is -1.51. The molecule has 0 spiro atoms. The van der Waals surface area contributed by atoms with Crippen LogP contribution in [0.4, 0.5) is 0 Å². The van der Waals surface area contributed by atoms with Gasteiger partial charge in [0.05, 0.1) is 12.0 Å². The molecule has 0 aliphatic carbocycles. The van der Waals surface area contributed by atoms with E-state index in [1.54, 1.807) is 52.0 Å². The molecule has 45 heavy (non-hydrogen) atoms. The van der Waals surface area contributed by atoms with Gasteiger partial charge in [-0.15, -0.1) is 0 Å². The molecule has 0 unspecified atom stereocenters. The van der Waals surface area contributed by atoms with E-state index in [0.717, 1.165) is 17.8 Å². The van der Waals surface area contributed by atoms with Gasteiger partial charge in [-0.25, -0.2) is 14.6 Å². The van der Waals surface area contributed by atoms with Crippen LogP contribution in [0.3, 0.4) is 0 Å². The number of aromatic nitrogens is 1. The number of benzene rings is 1. The minimum absolute atomic E-state index is 0.122.